The molecular weight excluding hydrogens is 232 g/mol. The van der Waals surface area contributed by atoms with Gasteiger partial charge in [0.1, 0.15) is 0 Å². The lowest BCUT2D eigenvalue weighted by molar-refractivity contribution is -0.00588. The van der Waals surface area contributed by atoms with Crippen LogP contribution in [0.25, 0.3) is 0 Å². The van der Waals surface area contributed by atoms with Gasteiger partial charge in [-0.15, -0.1) is 11.3 Å². The van der Waals surface area contributed by atoms with Gasteiger partial charge in [-0.25, -0.2) is 4.98 Å². The maximum absolute atomic E-state index is 5.85. The molecule has 0 bridgehead atoms. The van der Waals surface area contributed by atoms with Crippen LogP contribution in [-0.2, 0) is 11.2 Å². The summed E-state index contributed by atoms with van der Waals surface area (Å²) in [5, 5.41) is 4.62. The molecule has 0 amide bonds. The van der Waals surface area contributed by atoms with E-state index in [1.807, 2.05) is 18.4 Å². The lowest BCUT2D eigenvalue weighted by atomic mass is 10.00. The Labute approximate surface area is 108 Å². The van der Waals surface area contributed by atoms with Crippen molar-refractivity contribution in [3.05, 3.63) is 15.6 Å². The number of rotatable bonds is 4. The van der Waals surface area contributed by atoms with E-state index >= 15 is 0 Å². The molecule has 96 valence electrons. The van der Waals surface area contributed by atoms with Gasteiger partial charge in [-0.2, -0.15) is 0 Å². The van der Waals surface area contributed by atoms with Crippen LogP contribution < -0.4 is 5.32 Å². The first kappa shape index (κ1) is 13.0. The second-order valence-electron chi connectivity index (χ2n) is 4.75. The minimum atomic E-state index is 0.360. The Kier molecular flexibility index (Phi) is 4.54. The van der Waals surface area contributed by atoms with Gasteiger partial charge in [0.2, 0.25) is 0 Å². The lowest BCUT2D eigenvalue weighted by Gasteiger charge is -2.29. The summed E-state index contributed by atoms with van der Waals surface area (Å²) in [6, 6.07) is 0.403. The number of aryl methyl sites for hydroxylation is 2. The highest BCUT2D eigenvalue weighted by molar-refractivity contribution is 7.11. The first-order valence-corrected chi connectivity index (χ1v) is 7.24. The van der Waals surface area contributed by atoms with E-state index in [9.17, 15) is 0 Å². The largest absolute Gasteiger partial charge is 0.377 e. The number of ether oxygens (including phenoxy) is 1. The van der Waals surface area contributed by atoms with Gasteiger partial charge in [0, 0.05) is 23.9 Å². The van der Waals surface area contributed by atoms with Crippen molar-refractivity contribution in [2.45, 2.75) is 51.7 Å². The fourth-order valence-corrected chi connectivity index (χ4v) is 3.31. The van der Waals surface area contributed by atoms with Crippen LogP contribution in [0.3, 0.4) is 0 Å². The zero-order valence-electron chi connectivity index (χ0n) is 11.0. The summed E-state index contributed by atoms with van der Waals surface area (Å²) in [5.41, 5.74) is 1.17. The minimum Gasteiger partial charge on any atom is -0.377 e. The molecule has 2 rings (SSSR count). The van der Waals surface area contributed by atoms with Crippen LogP contribution in [0.5, 0.6) is 0 Å². The van der Waals surface area contributed by atoms with Crippen LogP contribution in [0.15, 0.2) is 0 Å². The highest BCUT2D eigenvalue weighted by Crippen LogP contribution is 2.22. The number of hydrogen-bond acceptors (Lipinski definition) is 4. The van der Waals surface area contributed by atoms with E-state index in [1.54, 1.807) is 0 Å². The van der Waals surface area contributed by atoms with Gasteiger partial charge in [0.15, 0.2) is 0 Å². The van der Waals surface area contributed by atoms with Gasteiger partial charge in [-0.05, 0) is 40.2 Å². The van der Waals surface area contributed by atoms with Gasteiger partial charge in [0.25, 0.3) is 0 Å². The van der Waals surface area contributed by atoms with Crippen molar-refractivity contribution in [1.29, 1.82) is 0 Å². The number of aromatic nitrogens is 1. The SMILES string of the molecule is CNC(Cc1nc(C)c(C)s1)C1CCCCO1. The summed E-state index contributed by atoms with van der Waals surface area (Å²) >= 11 is 1.82. The number of nitrogens with zero attached hydrogens (tertiary/aromatic N) is 1. The van der Waals surface area contributed by atoms with Gasteiger partial charge in [-0.3, -0.25) is 0 Å². The zero-order valence-corrected chi connectivity index (χ0v) is 11.8. The predicted molar refractivity (Wildman–Crippen MR) is 71.7 cm³/mol. The van der Waals surface area contributed by atoms with Crippen LogP contribution in [0, 0.1) is 13.8 Å². The lowest BCUT2D eigenvalue weighted by Crippen LogP contribution is -2.42. The standard InChI is InChI=1S/C13H22N2OS/c1-9-10(2)17-13(15-9)8-11(14-3)12-6-4-5-7-16-12/h11-12,14H,4-8H2,1-3H3. The maximum atomic E-state index is 5.85. The van der Waals surface area contributed by atoms with Gasteiger partial charge >= 0.3 is 0 Å². The van der Waals surface area contributed by atoms with E-state index in [2.05, 4.69) is 24.1 Å². The van der Waals surface area contributed by atoms with Gasteiger partial charge in [-0.1, -0.05) is 0 Å². The van der Waals surface area contributed by atoms with Crippen LogP contribution >= 0.6 is 11.3 Å². The summed E-state index contributed by atoms with van der Waals surface area (Å²) in [4.78, 5) is 5.95. The Balaban J connectivity index is 1.98. The van der Waals surface area contributed by atoms with Crippen molar-refractivity contribution >= 4 is 11.3 Å². The molecule has 1 saturated heterocycles. The Morgan fingerprint density at radius 2 is 2.29 bits per heavy atom. The minimum absolute atomic E-state index is 0.360. The van der Waals surface area contributed by atoms with Crippen molar-refractivity contribution in [2.24, 2.45) is 0 Å². The summed E-state index contributed by atoms with van der Waals surface area (Å²) < 4.78 is 5.85. The van der Waals surface area contributed by atoms with Gasteiger partial charge in [0.05, 0.1) is 16.8 Å². The molecular formula is C13H22N2OS. The Bertz CT molecular complexity index is 339. The van der Waals surface area contributed by atoms with E-state index in [4.69, 9.17) is 4.74 Å². The summed E-state index contributed by atoms with van der Waals surface area (Å²) in [6.07, 6.45) is 5.02. The maximum Gasteiger partial charge on any atom is 0.0947 e. The zero-order chi connectivity index (χ0) is 12.3. The molecule has 1 aromatic rings. The quantitative estimate of drug-likeness (QED) is 0.896. The molecule has 4 heteroatoms. The third-order valence-electron chi connectivity index (χ3n) is 3.50. The van der Waals surface area contributed by atoms with Crippen LogP contribution in [0.4, 0.5) is 0 Å². The average Bonchev–Trinajstić information content (AvgIpc) is 2.67. The van der Waals surface area contributed by atoms with E-state index in [0.717, 1.165) is 13.0 Å². The molecule has 0 aromatic carbocycles. The molecule has 0 radical (unpaired) electrons. The predicted octanol–water partition coefficient (Wildman–Crippen LogP) is 2.46. The summed E-state index contributed by atoms with van der Waals surface area (Å²) in [7, 11) is 2.02. The van der Waals surface area contributed by atoms with Crippen molar-refractivity contribution < 1.29 is 4.74 Å². The molecule has 1 N–H and O–H groups in total. The molecule has 2 atom stereocenters. The monoisotopic (exact) mass is 254 g/mol. The summed E-state index contributed by atoms with van der Waals surface area (Å²) in [5.74, 6) is 0. The highest BCUT2D eigenvalue weighted by Gasteiger charge is 2.24. The van der Waals surface area contributed by atoms with E-state index < -0.39 is 0 Å². The van der Waals surface area contributed by atoms with Crippen LogP contribution in [0.1, 0.15) is 34.8 Å². The summed E-state index contributed by atoms with van der Waals surface area (Å²) in [6.45, 7) is 5.14. The fourth-order valence-electron chi connectivity index (χ4n) is 2.32. The Morgan fingerprint density at radius 1 is 1.47 bits per heavy atom. The molecule has 1 aliphatic heterocycles. The molecule has 17 heavy (non-hydrogen) atoms. The molecule has 0 aliphatic carbocycles. The number of likely N-dealkylation sites (N-methyl/N-ethyl adjacent to an activating group) is 1. The molecule has 1 fully saturated rings. The van der Waals surface area contributed by atoms with Crippen molar-refractivity contribution in [3.63, 3.8) is 0 Å². The smallest absolute Gasteiger partial charge is 0.0947 e. The number of nitrogens with one attached hydrogen (secondary N) is 1. The molecule has 0 saturated carbocycles. The Hall–Kier alpha value is -0.450. The molecule has 2 heterocycles. The second kappa shape index (κ2) is 5.94. The average molecular weight is 254 g/mol. The Morgan fingerprint density at radius 3 is 2.82 bits per heavy atom. The van der Waals surface area contributed by atoms with Crippen LogP contribution in [0.2, 0.25) is 0 Å². The third-order valence-corrected chi connectivity index (χ3v) is 4.60. The highest BCUT2D eigenvalue weighted by atomic mass is 32.1. The fraction of sp³-hybridized carbons (Fsp3) is 0.769. The van der Waals surface area contributed by atoms with Crippen molar-refractivity contribution in [3.8, 4) is 0 Å². The van der Waals surface area contributed by atoms with Crippen molar-refractivity contribution in [1.82, 2.24) is 10.3 Å². The first-order chi connectivity index (χ1) is 8.20. The number of hydrogen-bond donors (Lipinski definition) is 1. The van der Waals surface area contributed by atoms with Gasteiger partial charge < -0.3 is 10.1 Å². The molecule has 1 aromatic heterocycles. The number of thiazole rings is 1. The van der Waals surface area contributed by atoms with E-state index in [0.29, 0.717) is 12.1 Å². The normalized spacial score (nSPS) is 22.6. The van der Waals surface area contributed by atoms with E-state index in [-0.39, 0.29) is 0 Å². The second-order valence-corrected chi connectivity index (χ2v) is 6.04. The molecule has 2 unspecified atom stereocenters. The van der Waals surface area contributed by atoms with Crippen molar-refractivity contribution in [2.75, 3.05) is 13.7 Å². The molecule has 0 spiro atoms. The van der Waals surface area contributed by atoms with Crippen LogP contribution in [-0.4, -0.2) is 30.8 Å². The molecule has 3 nitrogen and oxygen atoms in total. The molecule has 1 aliphatic rings. The topological polar surface area (TPSA) is 34.2 Å². The third kappa shape index (κ3) is 3.27. The van der Waals surface area contributed by atoms with E-state index in [1.165, 1.54) is 34.8 Å². The first-order valence-electron chi connectivity index (χ1n) is 6.42.